The standard InChI is InChI=1S/C12H9BrF2N4O/c13-5-1-7(14)11(8(15)2-5)19-10-3-6(12(17)20)9(16)4-18-10/h1-4H,16H2,(H2,17,20)(H,18,19). The Kier molecular flexibility index (Phi) is 3.84. The molecule has 1 aromatic carbocycles. The van der Waals surface area contributed by atoms with Gasteiger partial charge in [0.05, 0.1) is 17.4 Å². The van der Waals surface area contributed by atoms with Gasteiger partial charge in [-0.3, -0.25) is 4.79 Å². The van der Waals surface area contributed by atoms with Crippen molar-refractivity contribution < 1.29 is 13.6 Å². The molecule has 0 aliphatic rings. The van der Waals surface area contributed by atoms with Crippen LogP contribution in [0.2, 0.25) is 0 Å². The molecule has 0 spiro atoms. The van der Waals surface area contributed by atoms with Crippen molar-refractivity contribution in [2.45, 2.75) is 0 Å². The minimum absolute atomic E-state index is 0.0143. The highest BCUT2D eigenvalue weighted by Gasteiger charge is 2.13. The summed E-state index contributed by atoms with van der Waals surface area (Å²) < 4.78 is 27.6. The Bertz CT molecular complexity index is 670. The van der Waals surface area contributed by atoms with E-state index in [2.05, 4.69) is 26.2 Å². The Morgan fingerprint density at radius 2 is 1.85 bits per heavy atom. The van der Waals surface area contributed by atoms with Gasteiger partial charge in [0.15, 0.2) is 11.6 Å². The third-order valence-electron chi connectivity index (χ3n) is 2.46. The zero-order chi connectivity index (χ0) is 14.9. The first-order chi connectivity index (χ1) is 9.38. The third-order valence-corrected chi connectivity index (χ3v) is 2.92. The van der Waals surface area contributed by atoms with Crippen LogP contribution in [0.4, 0.5) is 26.0 Å². The van der Waals surface area contributed by atoms with E-state index in [1.165, 1.54) is 12.3 Å². The third kappa shape index (κ3) is 2.85. The number of pyridine rings is 1. The smallest absolute Gasteiger partial charge is 0.250 e. The summed E-state index contributed by atoms with van der Waals surface area (Å²) in [6.07, 6.45) is 1.18. The number of carbonyl (C=O) groups excluding carboxylic acids is 1. The van der Waals surface area contributed by atoms with Gasteiger partial charge in [-0.15, -0.1) is 0 Å². The van der Waals surface area contributed by atoms with Crippen molar-refractivity contribution in [1.29, 1.82) is 0 Å². The lowest BCUT2D eigenvalue weighted by molar-refractivity contribution is 0.100. The highest BCUT2D eigenvalue weighted by molar-refractivity contribution is 9.10. The molecule has 2 aromatic rings. The van der Waals surface area contributed by atoms with Gasteiger partial charge >= 0.3 is 0 Å². The fraction of sp³-hybridized carbons (Fsp3) is 0. The Morgan fingerprint density at radius 1 is 1.25 bits per heavy atom. The molecule has 1 aromatic heterocycles. The Balaban J connectivity index is 2.41. The number of nitrogen functional groups attached to an aromatic ring is 1. The van der Waals surface area contributed by atoms with Crippen LogP contribution >= 0.6 is 15.9 Å². The number of aromatic nitrogens is 1. The molecule has 0 saturated heterocycles. The number of amides is 1. The molecule has 5 N–H and O–H groups in total. The van der Waals surface area contributed by atoms with Crippen LogP contribution in [0.5, 0.6) is 0 Å². The lowest BCUT2D eigenvalue weighted by Crippen LogP contribution is -2.14. The summed E-state index contributed by atoms with van der Waals surface area (Å²) in [5.41, 5.74) is 10.4. The maximum absolute atomic E-state index is 13.7. The van der Waals surface area contributed by atoms with Gasteiger partial charge in [0.2, 0.25) is 0 Å². The van der Waals surface area contributed by atoms with Gasteiger partial charge < -0.3 is 16.8 Å². The fourth-order valence-corrected chi connectivity index (χ4v) is 1.94. The van der Waals surface area contributed by atoms with E-state index >= 15 is 0 Å². The summed E-state index contributed by atoms with van der Waals surface area (Å²) in [4.78, 5) is 15.0. The van der Waals surface area contributed by atoms with Crippen molar-refractivity contribution in [3.05, 3.63) is 46.1 Å². The molecule has 0 radical (unpaired) electrons. The van der Waals surface area contributed by atoms with Crippen molar-refractivity contribution in [3.8, 4) is 0 Å². The number of benzene rings is 1. The largest absolute Gasteiger partial charge is 0.397 e. The molecule has 20 heavy (non-hydrogen) atoms. The first kappa shape index (κ1) is 14.2. The summed E-state index contributed by atoms with van der Waals surface area (Å²) in [5.74, 6) is -2.33. The number of hydrogen-bond acceptors (Lipinski definition) is 4. The molecule has 1 heterocycles. The van der Waals surface area contributed by atoms with Crippen molar-refractivity contribution >= 4 is 39.0 Å². The van der Waals surface area contributed by atoms with Gasteiger partial charge in [-0.05, 0) is 18.2 Å². The number of nitrogens with one attached hydrogen (secondary N) is 1. The highest BCUT2D eigenvalue weighted by atomic mass is 79.9. The first-order valence-electron chi connectivity index (χ1n) is 5.35. The number of halogens is 3. The van der Waals surface area contributed by atoms with Crippen molar-refractivity contribution in [2.75, 3.05) is 11.1 Å². The topological polar surface area (TPSA) is 94.0 Å². The molecular formula is C12H9BrF2N4O. The minimum Gasteiger partial charge on any atom is -0.397 e. The van der Waals surface area contributed by atoms with Gasteiger partial charge in [0, 0.05) is 4.47 Å². The van der Waals surface area contributed by atoms with Crippen molar-refractivity contribution in [2.24, 2.45) is 5.73 Å². The van der Waals surface area contributed by atoms with Crippen LogP contribution in [0.3, 0.4) is 0 Å². The number of carbonyl (C=O) groups is 1. The van der Waals surface area contributed by atoms with Crippen molar-refractivity contribution in [1.82, 2.24) is 4.98 Å². The molecule has 0 unspecified atom stereocenters. The summed E-state index contributed by atoms with van der Waals surface area (Å²) in [6.45, 7) is 0. The molecule has 0 saturated carbocycles. The van der Waals surface area contributed by atoms with Crippen LogP contribution in [0, 0.1) is 11.6 Å². The number of hydrogen-bond donors (Lipinski definition) is 3. The zero-order valence-electron chi connectivity index (χ0n) is 9.95. The lowest BCUT2D eigenvalue weighted by atomic mass is 10.2. The zero-order valence-corrected chi connectivity index (χ0v) is 11.5. The SMILES string of the molecule is NC(=O)c1cc(Nc2c(F)cc(Br)cc2F)ncc1N. The predicted octanol–water partition coefficient (Wildman–Crippen LogP) is 2.55. The average molecular weight is 343 g/mol. The molecule has 104 valence electrons. The lowest BCUT2D eigenvalue weighted by Gasteiger charge is -2.10. The summed E-state index contributed by atoms with van der Waals surface area (Å²) in [5, 5.41) is 2.44. The van der Waals surface area contributed by atoms with E-state index < -0.39 is 17.5 Å². The number of rotatable bonds is 3. The van der Waals surface area contributed by atoms with Gasteiger partial charge in [0.25, 0.3) is 5.91 Å². The van der Waals surface area contributed by atoms with E-state index in [0.29, 0.717) is 0 Å². The Morgan fingerprint density at radius 3 is 2.40 bits per heavy atom. The number of nitrogens with two attached hydrogens (primary N) is 2. The van der Waals surface area contributed by atoms with Crippen molar-refractivity contribution in [3.63, 3.8) is 0 Å². The average Bonchev–Trinajstić information content (AvgIpc) is 2.35. The molecule has 0 aliphatic carbocycles. The van der Waals surface area contributed by atoms with Crippen LogP contribution in [-0.2, 0) is 0 Å². The molecule has 5 nitrogen and oxygen atoms in total. The summed E-state index contributed by atoms with van der Waals surface area (Å²) >= 11 is 2.97. The molecule has 0 atom stereocenters. The van der Waals surface area contributed by atoms with E-state index in [4.69, 9.17) is 11.5 Å². The molecule has 0 bridgehead atoms. The molecule has 0 fully saturated rings. The normalized spacial score (nSPS) is 10.3. The Labute approximate surface area is 121 Å². The van der Waals surface area contributed by atoms with E-state index in [-0.39, 0.29) is 27.2 Å². The highest BCUT2D eigenvalue weighted by Crippen LogP contribution is 2.27. The fourth-order valence-electron chi connectivity index (χ4n) is 1.54. The van der Waals surface area contributed by atoms with Crippen LogP contribution in [0.15, 0.2) is 28.9 Å². The maximum atomic E-state index is 13.7. The maximum Gasteiger partial charge on any atom is 0.250 e. The van der Waals surface area contributed by atoms with E-state index in [0.717, 1.165) is 12.1 Å². The van der Waals surface area contributed by atoms with Gasteiger partial charge in [0.1, 0.15) is 11.5 Å². The number of nitrogens with zero attached hydrogens (tertiary/aromatic N) is 1. The molecular weight excluding hydrogens is 334 g/mol. The Hall–Kier alpha value is -2.22. The molecule has 8 heteroatoms. The van der Waals surface area contributed by atoms with Crippen LogP contribution in [0.25, 0.3) is 0 Å². The number of anilines is 3. The second kappa shape index (κ2) is 5.41. The van der Waals surface area contributed by atoms with E-state index in [9.17, 15) is 13.6 Å². The quantitative estimate of drug-likeness (QED) is 0.798. The second-order valence-corrected chi connectivity index (χ2v) is 4.81. The summed E-state index contributed by atoms with van der Waals surface area (Å²) in [6, 6.07) is 3.41. The van der Waals surface area contributed by atoms with Crippen LogP contribution in [0.1, 0.15) is 10.4 Å². The monoisotopic (exact) mass is 342 g/mol. The number of primary amides is 1. The van der Waals surface area contributed by atoms with Gasteiger partial charge in [-0.2, -0.15) is 0 Å². The molecule has 1 amide bonds. The minimum atomic E-state index is -0.809. The van der Waals surface area contributed by atoms with E-state index in [1.807, 2.05) is 0 Å². The predicted molar refractivity (Wildman–Crippen MR) is 74.5 cm³/mol. The summed E-state index contributed by atoms with van der Waals surface area (Å²) in [7, 11) is 0. The molecule has 2 rings (SSSR count). The van der Waals surface area contributed by atoms with Gasteiger partial charge in [-0.1, -0.05) is 15.9 Å². The second-order valence-electron chi connectivity index (χ2n) is 3.89. The molecule has 0 aliphatic heterocycles. The first-order valence-corrected chi connectivity index (χ1v) is 6.14. The van der Waals surface area contributed by atoms with Crippen LogP contribution < -0.4 is 16.8 Å². The van der Waals surface area contributed by atoms with Gasteiger partial charge in [-0.25, -0.2) is 13.8 Å². The van der Waals surface area contributed by atoms with E-state index in [1.54, 1.807) is 0 Å². The van der Waals surface area contributed by atoms with Crippen LogP contribution in [-0.4, -0.2) is 10.9 Å².